The molecule has 2 unspecified atom stereocenters. The average Bonchev–Trinajstić information content (AvgIpc) is 2.25. The minimum Gasteiger partial charge on any atom is -0.369 e. The molecule has 0 spiro atoms. The Hall–Kier alpha value is -1.44. The van der Waals surface area contributed by atoms with Crippen molar-refractivity contribution in [1.29, 1.82) is 0 Å². The van der Waals surface area contributed by atoms with Gasteiger partial charge in [0.1, 0.15) is 0 Å². The van der Waals surface area contributed by atoms with E-state index in [2.05, 4.69) is 0 Å². The Morgan fingerprint density at radius 2 is 1.95 bits per heavy atom. The molecule has 1 aliphatic rings. The minimum absolute atomic E-state index is 0.0469. The Morgan fingerprint density at radius 1 is 1.35 bits per heavy atom. The van der Waals surface area contributed by atoms with Crippen molar-refractivity contribution in [3.05, 3.63) is 35.4 Å². The fourth-order valence-corrected chi connectivity index (χ4v) is 3.60. The first kappa shape index (κ1) is 15.0. The lowest BCUT2D eigenvalue weighted by molar-refractivity contribution is -0.128. The van der Waals surface area contributed by atoms with Crippen molar-refractivity contribution < 1.29 is 13.2 Å². The first-order valence-corrected chi connectivity index (χ1v) is 7.91. The van der Waals surface area contributed by atoms with Gasteiger partial charge in [-0.2, -0.15) is 12.7 Å². The first-order valence-electron chi connectivity index (χ1n) is 6.41. The summed E-state index contributed by atoms with van der Waals surface area (Å²) in [5, 5.41) is 5.20. The molecule has 1 aromatic rings. The molecule has 0 radical (unpaired) electrons. The fourth-order valence-electron chi connectivity index (χ4n) is 2.66. The quantitative estimate of drug-likeness (QED) is 0.843. The summed E-state index contributed by atoms with van der Waals surface area (Å²) in [4.78, 5) is 11.5. The highest BCUT2D eigenvalue weighted by Crippen LogP contribution is 2.42. The van der Waals surface area contributed by atoms with Crippen LogP contribution < -0.4 is 10.9 Å². The largest absolute Gasteiger partial charge is 0.369 e. The molecule has 7 heteroatoms. The normalized spacial score (nSPS) is 23.6. The number of primary amides is 1. The highest BCUT2D eigenvalue weighted by molar-refractivity contribution is 7.86. The Balaban J connectivity index is 2.49. The van der Waals surface area contributed by atoms with E-state index in [9.17, 15) is 13.2 Å². The maximum Gasteiger partial charge on any atom is 0.277 e. The SMILES string of the molecule is CC(C)c1ccccc1C1C(C(N)=O)CN1S(N)(=O)=O. The van der Waals surface area contributed by atoms with Gasteiger partial charge in [-0.1, -0.05) is 38.1 Å². The van der Waals surface area contributed by atoms with Crippen molar-refractivity contribution >= 4 is 16.1 Å². The summed E-state index contributed by atoms with van der Waals surface area (Å²) < 4.78 is 24.3. The number of hydrogen-bond acceptors (Lipinski definition) is 3. The van der Waals surface area contributed by atoms with E-state index in [0.29, 0.717) is 0 Å². The van der Waals surface area contributed by atoms with Crippen LogP contribution in [0.4, 0.5) is 0 Å². The maximum atomic E-state index is 11.6. The van der Waals surface area contributed by atoms with Gasteiger partial charge in [0.25, 0.3) is 10.2 Å². The number of nitrogens with two attached hydrogens (primary N) is 2. The zero-order chi connectivity index (χ0) is 15.1. The third-order valence-corrected chi connectivity index (χ3v) is 4.73. The van der Waals surface area contributed by atoms with Crippen molar-refractivity contribution in [1.82, 2.24) is 4.31 Å². The number of hydrogen-bond donors (Lipinski definition) is 2. The molecule has 1 saturated heterocycles. The van der Waals surface area contributed by atoms with Crippen LogP contribution in [0.2, 0.25) is 0 Å². The molecular weight excluding hydrogens is 278 g/mol. The van der Waals surface area contributed by atoms with Crippen LogP contribution in [-0.2, 0) is 15.0 Å². The van der Waals surface area contributed by atoms with Crippen LogP contribution in [0.5, 0.6) is 0 Å². The molecule has 1 aliphatic heterocycles. The molecular formula is C13H19N3O3S. The Kier molecular flexibility index (Phi) is 3.86. The lowest BCUT2D eigenvalue weighted by Crippen LogP contribution is -2.58. The lowest BCUT2D eigenvalue weighted by atomic mass is 9.81. The van der Waals surface area contributed by atoms with Crippen LogP contribution in [0.3, 0.4) is 0 Å². The highest BCUT2D eigenvalue weighted by atomic mass is 32.2. The second kappa shape index (κ2) is 5.16. The molecule has 2 atom stereocenters. The van der Waals surface area contributed by atoms with E-state index in [1.54, 1.807) is 0 Å². The van der Waals surface area contributed by atoms with Gasteiger partial charge in [0, 0.05) is 6.54 Å². The molecule has 0 bridgehead atoms. The van der Waals surface area contributed by atoms with E-state index in [0.717, 1.165) is 15.4 Å². The van der Waals surface area contributed by atoms with E-state index in [1.807, 2.05) is 38.1 Å². The fraction of sp³-hybridized carbons (Fsp3) is 0.462. The predicted octanol–water partition coefficient (Wildman–Crippen LogP) is 0.472. The zero-order valence-corrected chi connectivity index (χ0v) is 12.3. The molecule has 1 amide bonds. The Morgan fingerprint density at radius 3 is 2.45 bits per heavy atom. The topological polar surface area (TPSA) is 106 Å². The molecule has 20 heavy (non-hydrogen) atoms. The number of carbonyl (C=O) groups is 1. The van der Waals surface area contributed by atoms with Crippen LogP contribution in [-0.4, -0.2) is 25.2 Å². The molecule has 6 nitrogen and oxygen atoms in total. The van der Waals surface area contributed by atoms with E-state index >= 15 is 0 Å². The molecule has 2 rings (SSSR count). The molecule has 0 aromatic heterocycles. The highest BCUT2D eigenvalue weighted by Gasteiger charge is 2.49. The van der Waals surface area contributed by atoms with Crippen LogP contribution >= 0.6 is 0 Å². The third kappa shape index (κ3) is 2.56. The second-order valence-electron chi connectivity index (χ2n) is 5.35. The van der Waals surface area contributed by atoms with E-state index in [4.69, 9.17) is 10.9 Å². The standard InChI is InChI=1S/C13H19N3O3S/c1-8(2)9-5-3-4-6-10(9)12-11(13(14)17)7-16(12)20(15,18)19/h3-6,8,11-12H,7H2,1-2H3,(H2,14,17)(H2,15,18,19). The summed E-state index contributed by atoms with van der Waals surface area (Å²) in [5.41, 5.74) is 7.15. The van der Waals surface area contributed by atoms with Gasteiger partial charge >= 0.3 is 0 Å². The van der Waals surface area contributed by atoms with E-state index in [1.165, 1.54) is 0 Å². The van der Waals surface area contributed by atoms with Gasteiger partial charge in [0.05, 0.1) is 12.0 Å². The number of amides is 1. The average molecular weight is 297 g/mol. The molecule has 0 saturated carbocycles. The summed E-state index contributed by atoms with van der Waals surface area (Å²) in [6, 6.07) is 6.86. The summed E-state index contributed by atoms with van der Waals surface area (Å²) in [6.07, 6.45) is 0. The molecule has 1 fully saturated rings. The van der Waals surface area contributed by atoms with E-state index < -0.39 is 28.1 Å². The first-order chi connectivity index (χ1) is 9.23. The van der Waals surface area contributed by atoms with Crippen molar-refractivity contribution in [2.24, 2.45) is 16.8 Å². The molecule has 4 N–H and O–H groups in total. The van der Waals surface area contributed by atoms with Crippen molar-refractivity contribution in [3.8, 4) is 0 Å². The lowest BCUT2D eigenvalue weighted by Gasteiger charge is -2.45. The van der Waals surface area contributed by atoms with E-state index in [-0.39, 0.29) is 12.5 Å². The Bertz CT molecular complexity index is 628. The molecule has 0 aliphatic carbocycles. The van der Waals surface area contributed by atoms with Crippen molar-refractivity contribution in [3.63, 3.8) is 0 Å². The zero-order valence-electron chi connectivity index (χ0n) is 11.5. The van der Waals surface area contributed by atoms with Gasteiger partial charge in [0.2, 0.25) is 5.91 Å². The van der Waals surface area contributed by atoms with Crippen molar-refractivity contribution in [2.75, 3.05) is 6.54 Å². The van der Waals surface area contributed by atoms with Gasteiger partial charge in [0.15, 0.2) is 0 Å². The number of carbonyl (C=O) groups excluding carboxylic acids is 1. The smallest absolute Gasteiger partial charge is 0.277 e. The van der Waals surface area contributed by atoms with Crippen LogP contribution in [0.1, 0.15) is 36.9 Å². The monoisotopic (exact) mass is 297 g/mol. The van der Waals surface area contributed by atoms with Gasteiger partial charge in [-0.15, -0.1) is 0 Å². The second-order valence-corrected chi connectivity index (χ2v) is 6.85. The summed E-state index contributed by atoms with van der Waals surface area (Å²) in [5.74, 6) is -0.829. The number of nitrogens with zero attached hydrogens (tertiary/aromatic N) is 1. The maximum absolute atomic E-state index is 11.6. The summed E-state index contributed by atoms with van der Waals surface area (Å²) in [6.45, 7) is 4.07. The van der Waals surface area contributed by atoms with Gasteiger partial charge in [-0.25, -0.2) is 5.14 Å². The Labute approximate surface area is 118 Å². The number of rotatable bonds is 4. The van der Waals surface area contributed by atoms with Crippen LogP contribution in [0.15, 0.2) is 24.3 Å². The minimum atomic E-state index is -3.85. The van der Waals surface area contributed by atoms with Gasteiger partial charge in [-0.3, -0.25) is 4.79 Å². The van der Waals surface area contributed by atoms with Crippen LogP contribution in [0, 0.1) is 5.92 Å². The van der Waals surface area contributed by atoms with Gasteiger partial charge < -0.3 is 5.73 Å². The summed E-state index contributed by atoms with van der Waals surface area (Å²) >= 11 is 0. The van der Waals surface area contributed by atoms with Crippen molar-refractivity contribution in [2.45, 2.75) is 25.8 Å². The predicted molar refractivity (Wildman–Crippen MR) is 75.8 cm³/mol. The summed E-state index contributed by atoms with van der Waals surface area (Å²) in [7, 11) is -3.85. The molecule has 110 valence electrons. The van der Waals surface area contributed by atoms with Gasteiger partial charge in [-0.05, 0) is 17.0 Å². The third-order valence-electron chi connectivity index (χ3n) is 3.70. The molecule has 1 aromatic carbocycles. The molecule has 1 heterocycles. The number of benzene rings is 1. The van der Waals surface area contributed by atoms with Crippen LogP contribution in [0.25, 0.3) is 0 Å².